The highest BCUT2D eigenvalue weighted by atomic mass is 16.5. The molecule has 0 bridgehead atoms. The van der Waals surface area contributed by atoms with Crippen LogP contribution in [-0.4, -0.2) is 23.6 Å². The molecule has 0 saturated carbocycles. The Morgan fingerprint density at radius 1 is 1.22 bits per heavy atom. The quantitative estimate of drug-likeness (QED) is 0.646. The van der Waals surface area contributed by atoms with Gasteiger partial charge in [0.05, 0.1) is 12.6 Å². The minimum Gasteiger partial charge on any atom is -0.490 e. The number of hydrogen-bond donors (Lipinski definition) is 2. The molecule has 1 unspecified atom stereocenters. The Bertz CT molecular complexity index is 984. The van der Waals surface area contributed by atoms with E-state index in [9.17, 15) is 14.7 Å². The number of rotatable bonds is 7. The van der Waals surface area contributed by atoms with E-state index in [1.807, 2.05) is 31.2 Å². The number of benzene rings is 1. The fourth-order valence-electron chi connectivity index (χ4n) is 2.86. The number of carboxylic acid groups (broad SMARTS) is 1. The molecule has 27 heavy (non-hydrogen) atoms. The Kier molecular flexibility index (Phi) is 5.21. The summed E-state index contributed by atoms with van der Waals surface area (Å²) in [5, 5.41) is 12.8. The number of aromatic carboxylic acids is 1. The first-order chi connectivity index (χ1) is 12.9. The summed E-state index contributed by atoms with van der Waals surface area (Å²) in [6, 6.07) is 8.24. The van der Waals surface area contributed by atoms with Crippen LogP contribution in [0.5, 0.6) is 5.75 Å². The molecule has 0 fully saturated rings. The molecule has 0 aliphatic rings. The number of nitrogens with one attached hydrogen (secondary N) is 1. The Balaban J connectivity index is 1.82. The SMILES string of the molecule is CCOc1cccc2cc(C(C)NC(=O)c3cc(C(=O)O)c(CC)o3)oc12. The number of aryl methyl sites for hydroxylation is 1. The molecule has 142 valence electrons. The number of fused-ring (bicyclic) bond motifs is 1. The highest BCUT2D eigenvalue weighted by Gasteiger charge is 2.22. The number of carbonyl (C=O) groups is 2. The van der Waals surface area contributed by atoms with Crippen molar-refractivity contribution in [2.75, 3.05) is 6.61 Å². The predicted octanol–water partition coefficient (Wildman–Crippen LogP) is 4.18. The van der Waals surface area contributed by atoms with Gasteiger partial charge in [-0.3, -0.25) is 4.79 Å². The zero-order chi connectivity index (χ0) is 19.6. The van der Waals surface area contributed by atoms with Crippen LogP contribution >= 0.6 is 0 Å². The van der Waals surface area contributed by atoms with Crippen LogP contribution in [0.1, 0.15) is 59.2 Å². The highest BCUT2D eigenvalue weighted by Crippen LogP contribution is 2.31. The van der Waals surface area contributed by atoms with E-state index in [1.165, 1.54) is 6.07 Å². The summed E-state index contributed by atoms with van der Waals surface area (Å²) in [6.45, 7) is 5.95. The Morgan fingerprint density at radius 2 is 2.00 bits per heavy atom. The maximum absolute atomic E-state index is 12.5. The summed E-state index contributed by atoms with van der Waals surface area (Å²) in [4.78, 5) is 23.7. The van der Waals surface area contributed by atoms with E-state index in [0.29, 0.717) is 30.1 Å². The molecule has 3 aromatic rings. The number of amides is 1. The van der Waals surface area contributed by atoms with Crippen LogP contribution in [0.4, 0.5) is 0 Å². The monoisotopic (exact) mass is 371 g/mol. The molecular formula is C20H21NO6. The van der Waals surface area contributed by atoms with E-state index in [2.05, 4.69) is 5.32 Å². The van der Waals surface area contributed by atoms with Gasteiger partial charge in [-0.15, -0.1) is 0 Å². The number of carboxylic acids is 1. The van der Waals surface area contributed by atoms with E-state index >= 15 is 0 Å². The zero-order valence-corrected chi connectivity index (χ0v) is 15.4. The van der Waals surface area contributed by atoms with Crippen molar-refractivity contribution in [3.63, 3.8) is 0 Å². The van der Waals surface area contributed by atoms with Gasteiger partial charge in [0.15, 0.2) is 17.1 Å². The average molecular weight is 371 g/mol. The summed E-state index contributed by atoms with van der Waals surface area (Å²) in [5.74, 6) is -0.193. The first-order valence-corrected chi connectivity index (χ1v) is 8.76. The molecule has 2 aromatic heterocycles. The molecule has 0 aliphatic carbocycles. The molecule has 1 amide bonds. The fourth-order valence-corrected chi connectivity index (χ4v) is 2.86. The largest absolute Gasteiger partial charge is 0.490 e. The van der Waals surface area contributed by atoms with Crippen molar-refractivity contribution in [2.24, 2.45) is 0 Å². The van der Waals surface area contributed by atoms with Crippen LogP contribution in [0.2, 0.25) is 0 Å². The van der Waals surface area contributed by atoms with Gasteiger partial charge in [-0.25, -0.2) is 4.79 Å². The molecular weight excluding hydrogens is 350 g/mol. The van der Waals surface area contributed by atoms with E-state index < -0.39 is 17.9 Å². The summed E-state index contributed by atoms with van der Waals surface area (Å²) < 4.78 is 16.8. The summed E-state index contributed by atoms with van der Waals surface area (Å²) in [6.07, 6.45) is 0.383. The molecule has 1 atom stereocenters. The lowest BCUT2D eigenvalue weighted by Crippen LogP contribution is -2.26. The van der Waals surface area contributed by atoms with Gasteiger partial charge in [0.2, 0.25) is 0 Å². The normalized spacial score (nSPS) is 12.1. The second kappa shape index (κ2) is 7.57. The number of para-hydroxylation sites is 1. The molecule has 2 heterocycles. The number of hydrogen-bond acceptors (Lipinski definition) is 5. The van der Waals surface area contributed by atoms with Crippen LogP contribution < -0.4 is 10.1 Å². The van der Waals surface area contributed by atoms with Crippen LogP contribution in [0.3, 0.4) is 0 Å². The first kappa shape index (κ1) is 18.6. The lowest BCUT2D eigenvalue weighted by atomic mass is 10.2. The van der Waals surface area contributed by atoms with Gasteiger partial charge >= 0.3 is 5.97 Å². The predicted molar refractivity (Wildman–Crippen MR) is 98.3 cm³/mol. The molecule has 3 rings (SSSR count). The Labute approximate surface area is 155 Å². The third-order valence-electron chi connectivity index (χ3n) is 4.19. The van der Waals surface area contributed by atoms with Crippen molar-refractivity contribution in [3.05, 3.63) is 53.2 Å². The third-order valence-corrected chi connectivity index (χ3v) is 4.19. The maximum Gasteiger partial charge on any atom is 0.339 e. The van der Waals surface area contributed by atoms with Crippen molar-refractivity contribution < 1.29 is 28.3 Å². The molecule has 7 heteroatoms. The van der Waals surface area contributed by atoms with Crippen molar-refractivity contribution in [2.45, 2.75) is 33.2 Å². The lowest BCUT2D eigenvalue weighted by molar-refractivity contribution is 0.0694. The topological polar surface area (TPSA) is 102 Å². The van der Waals surface area contributed by atoms with Gasteiger partial charge in [0.1, 0.15) is 17.1 Å². The second-order valence-corrected chi connectivity index (χ2v) is 6.06. The molecule has 7 nitrogen and oxygen atoms in total. The van der Waals surface area contributed by atoms with E-state index in [0.717, 1.165) is 5.39 Å². The fraction of sp³-hybridized carbons (Fsp3) is 0.300. The van der Waals surface area contributed by atoms with Gasteiger partial charge in [-0.05, 0) is 26.0 Å². The van der Waals surface area contributed by atoms with Crippen molar-refractivity contribution >= 4 is 22.8 Å². The van der Waals surface area contributed by atoms with Crippen LogP contribution in [0.15, 0.2) is 39.2 Å². The van der Waals surface area contributed by atoms with Crippen molar-refractivity contribution in [3.8, 4) is 5.75 Å². The van der Waals surface area contributed by atoms with Crippen molar-refractivity contribution in [1.29, 1.82) is 0 Å². The van der Waals surface area contributed by atoms with Gasteiger partial charge < -0.3 is 24.0 Å². The molecule has 0 aliphatic heterocycles. The maximum atomic E-state index is 12.5. The molecule has 2 N–H and O–H groups in total. The van der Waals surface area contributed by atoms with E-state index in [-0.39, 0.29) is 17.1 Å². The van der Waals surface area contributed by atoms with Gasteiger partial charge in [-0.2, -0.15) is 0 Å². The number of carbonyl (C=O) groups excluding carboxylic acids is 1. The summed E-state index contributed by atoms with van der Waals surface area (Å²) >= 11 is 0. The minimum absolute atomic E-state index is 0.000367. The van der Waals surface area contributed by atoms with Gasteiger partial charge in [0.25, 0.3) is 5.91 Å². The highest BCUT2D eigenvalue weighted by molar-refractivity contribution is 5.96. The molecule has 0 radical (unpaired) electrons. The Morgan fingerprint density at radius 3 is 2.63 bits per heavy atom. The van der Waals surface area contributed by atoms with Crippen LogP contribution in [0, 0.1) is 0 Å². The summed E-state index contributed by atoms with van der Waals surface area (Å²) in [7, 11) is 0. The lowest BCUT2D eigenvalue weighted by Gasteiger charge is -2.10. The molecule has 0 saturated heterocycles. The van der Waals surface area contributed by atoms with Crippen LogP contribution in [0.25, 0.3) is 11.0 Å². The zero-order valence-electron chi connectivity index (χ0n) is 15.4. The summed E-state index contributed by atoms with van der Waals surface area (Å²) in [5.41, 5.74) is 0.621. The standard InChI is InChI=1S/C20H21NO6/c1-4-14-13(20(23)24)10-17(26-14)19(22)21-11(3)16-9-12-7-6-8-15(25-5-2)18(12)27-16/h6-11H,4-5H2,1-3H3,(H,21,22)(H,23,24). The first-order valence-electron chi connectivity index (χ1n) is 8.76. The minimum atomic E-state index is -1.12. The average Bonchev–Trinajstić information content (AvgIpc) is 3.26. The van der Waals surface area contributed by atoms with Gasteiger partial charge in [-0.1, -0.05) is 19.1 Å². The second-order valence-electron chi connectivity index (χ2n) is 6.06. The molecule has 0 spiro atoms. The van der Waals surface area contributed by atoms with Gasteiger partial charge in [0, 0.05) is 17.9 Å². The third kappa shape index (κ3) is 3.67. The van der Waals surface area contributed by atoms with Crippen molar-refractivity contribution in [1.82, 2.24) is 5.32 Å². The molecule has 1 aromatic carbocycles. The number of furan rings is 2. The van der Waals surface area contributed by atoms with E-state index in [4.69, 9.17) is 13.6 Å². The smallest absolute Gasteiger partial charge is 0.339 e. The van der Waals surface area contributed by atoms with Crippen LogP contribution in [-0.2, 0) is 6.42 Å². The Hall–Kier alpha value is -3.22. The number of ether oxygens (including phenoxy) is 1. The van der Waals surface area contributed by atoms with E-state index in [1.54, 1.807) is 13.8 Å².